The monoisotopic (exact) mass is 631 g/mol. The summed E-state index contributed by atoms with van der Waals surface area (Å²) in [6.07, 6.45) is 3.14. The molecule has 10 heteroatoms. The average molecular weight is 632 g/mol. The first-order valence-corrected chi connectivity index (χ1v) is 15.6. The highest BCUT2D eigenvalue weighted by molar-refractivity contribution is 7.07. The zero-order valence-electron chi connectivity index (χ0n) is 25.1. The lowest BCUT2D eigenvalue weighted by molar-refractivity contribution is -0.385. The third kappa shape index (κ3) is 5.26. The van der Waals surface area contributed by atoms with E-state index in [1.165, 1.54) is 30.1 Å². The Bertz CT molecular complexity index is 2190. The normalized spacial score (nSPS) is 15.3. The minimum atomic E-state index is -0.479. The minimum absolute atomic E-state index is 0.199. The van der Waals surface area contributed by atoms with Gasteiger partial charge in [0.15, 0.2) is 16.3 Å². The number of rotatable bonds is 8. The number of allylic oxidation sites excluding steroid dienone is 1. The minimum Gasteiger partial charge on any atom is -0.497 e. The van der Waals surface area contributed by atoms with E-state index < -0.39 is 4.92 Å². The molecule has 1 aliphatic carbocycles. The van der Waals surface area contributed by atoms with Crippen molar-refractivity contribution in [1.82, 2.24) is 4.57 Å². The standard InChI is InChI=1S/C36H29N3O6S/c1-43-26-15-12-24(13-16-26)34-28-17-14-23-10-6-7-11-27(23)33(28)37-36-38(34)35(40)32(46-36)19-25-18-30(44-2)31(20-29(25)39(41)42)45-21-22-8-4-3-5-9-22/h3-13,15-16,18-20,34H,14,17,21H2,1-2H3/b32-19-/t34-/m0/s1. The molecular formula is C36H29N3O6S. The molecular weight excluding hydrogens is 602 g/mol. The van der Waals surface area contributed by atoms with Gasteiger partial charge in [0.1, 0.15) is 12.4 Å². The fraction of sp³-hybridized carbons (Fsp3) is 0.167. The lowest BCUT2D eigenvalue weighted by atomic mass is 9.83. The Morgan fingerprint density at radius 3 is 2.46 bits per heavy atom. The lowest BCUT2D eigenvalue weighted by Gasteiger charge is -2.30. The van der Waals surface area contributed by atoms with Gasteiger partial charge < -0.3 is 14.2 Å². The first-order chi connectivity index (χ1) is 22.4. The van der Waals surface area contributed by atoms with E-state index in [4.69, 9.17) is 19.2 Å². The van der Waals surface area contributed by atoms with Gasteiger partial charge in [-0.3, -0.25) is 19.5 Å². The second-order valence-electron chi connectivity index (χ2n) is 11.0. The molecule has 0 saturated carbocycles. The molecule has 230 valence electrons. The second kappa shape index (κ2) is 12.1. The first-order valence-electron chi connectivity index (χ1n) is 14.8. The van der Waals surface area contributed by atoms with Gasteiger partial charge in [0.25, 0.3) is 11.2 Å². The molecule has 0 saturated heterocycles. The van der Waals surface area contributed by atoms with Gasteiger partial charge in [0, 0.05) is 5.56 Å². The lowest BCUT2D eigenvalue weighted by Crippen LogP contribution is -2.38. The van der Waals surface area contributed by atoms with Crippen LogP contribution >= 0.6 is 11.3 Å². The van der Waals surface area contributed by atoms with Gasteiger partial charge in [-0.05, 0) is 59.4 Å². The van der Waals surface area contributed by atoms with Gasteiger partial charge in [-0.25, -0.2) is 4.99 Å². The summed E-state index contributed by atoms with van der Waals surface area (Å²) in [5.74, 6) is 1.28. The van der Waals surface area contributed by atoms with Gasteiger partial charge in [-0.1, -0.05) is 78.1 Å². The van der Waals surface area contributed by atoms with Gasteiger partial charge in [0.2, 0.25) is 0 Å². The van der Waals surface area contributed by atoms with Crippen molar-refractivity contribution < 1.29 is 19.1 Å². The number of ether oxygens (including phenoxy) is 3. The highest BCUT2D eigenvalue weighted by atomic mass is 32.1. The maximum Gasteiger partial charge on any atom is 0.280 e. The molecule has 0 unspecified atom stereocenters. The van der Waals surface area contributed by atoms with Crippen molar-refractivity contribution in [2.75, 3.05) is 14.2 Å². The Hall–Kier alpha value is -5.48. The van der Waals surface area contributed by atoms with E-state index in [0.29, 0.717) is 15.1 Å². The number of fused-ring (bicyclic) bond motifs is 3. The summed E-state index contributed by atoms with van der Waals surface area (Å²) in [6.45, 7) is 0.214. The summed E-state index contributed by atoms with van der Waals surface area (Å²) in [5, 5.41) is 12.3. The van der Waals surface area contributed by atoms with Crippen molar-refractivity contribution in [3.05, 3.63) is 154 Å². The number of nitro benzene ring substituents is 1. The van der Waals surface area contributed by atoms with Crippen LogP contribution in [-0.2, 0) is 13.0 Å². The number of aromatic nitrogens is 1. The van der Waals surface area contributed by atoms with Crippen LogP contribution in [0.4, 0.5) is 5.69 Å². The SMILES string of the molecule is COc1ccc([C@H]2C3=C(N=c4s/c(=C\c5cc(OC)c(OCc6ccccc6)cc5[N+](=O)[O-])c(=O)n42)c2ccccc2CC3)cc1. The maximum atomic E-state index is 14.2. The molecule has 1 aromatic heterocycles. The van der Waals surface area contributed by atoms with Crippen LogP contribution in [-0.4, -0.2) is 23.7 Å². The molecule has 0 N–H and O–H groups in total. The van der Waals surface area contributed by atoms with E-state index >= 15 is 0 Å². The number of thiazole rings is 1. The number of methoxy groups -OCH3 is 2. The summed E-state index contributed by atoms with van der Waals surface area (Å²) in [6, 6.07) is 28.0. The van der Waals surface area contributed by atoms with Crippen molar-refractivity contribution in [3.63, 3.8) is 0 Å². The summed E-state index contributed by atoms with van der Waals surface area (Å²) in [4.78, 5) is 31.6. The Kier molecular flexibility index (Phi) is 7.71. The van der Waals surface area contributed by atoms with E-state index in [2.05, 4.69) is 12.1 Å². The van der Waals surface area contributed by atoms with E-state index in [1.54, 1.807) is 23.8 Å². The molecule has 9 nitrogen and oxygen atoms in total. The molecule has 2 heterocycles. The quantitative estimate of drug-likeness (QED) is 0.158. The van der Waals surface area contributed by atoms with Crippen LogP contribution in [0.15, 0.2) is 106 Å². The highest BCUT2D eigenvalue weighted by Gasteiger charge is 2.32. The van der Waals surface area contributed by atoms with Crippen LogP contribution in [0.2, 0.25) is 0 Å². The fourth-order valence-corrected chi connectivity index (χ4v) is 7.09. The molecule has 4 aromatic carbocycles. The van der Waals surface area contributed by atoms with Crippen LogP contribution in [0, 0.1) is 10.1 Å². The third-order valence-electron chi connectivity index (χ3n) is 8.34. The van der Waals surface area contributed by atoms with E-state index in [9.17, 15) is 14.9 Å². The predicted molar refractivity (Wildman–Crippen MR) is 176 cm³/mol. The van der Waals surface area contributed by atoms with Crippen LogP contribution in [0.1, 0.15) is 40.3 Å². The molecule has 5 aromatic rings. The number of hydrogen-bond donors (Lipinski definition) is 0. The van der Waals surface area contributed by atoms with Crippen molar-refractivity contribution in [1.29, 1.82) is 0 Å². The van der Waals surface area contributed by atoms with Gasteiger partial charge in [-0.15, -0.1) is 0 Å². The van der Waals surface area contributed by atoms with Gasteiger partial charge in [0.05, 0.1) is 47.0 Å². The molecule has 0 bridgehead atoms. The Morgan fingerprint density at radius 1 is 0.957 bits per heavy atom. The highest BCUT2D eigenvalue weighted by Crippen LogP contribution is 2.41. The Balaban J connectivity index is 1.37. The predicted octanol–water partition coefficient (Wildman–Crippen LogP) is 5.82. The molecule has 7 rings (SSSR count). The van der Waals surface area contributed by atoms with Crippen LogP contribution in [0.5, 0.6) is 17.2 Å². The molecule has 0 radical (unpaired) electrons. The average Bonchev–Trinajstić information content (AvgIpc) is 3.40. The largest absolute Gasteiger partial charge is 0.497 e. The molecule has 0 amide bonds. The van der Waals surface area contributed by atoms with E-state index in [1.807, 2.05) is 66.7 Å². The number of benzene rings is 4. The molecule has 1 aliphatic heterocycles. The van der Waals surface area contributed by atoms with Crippen LogP contribution < -0.4 is 29.1 Å². The number of nitrogens with zero attached hydrogens (tertiary/aromatic N) is 3. The van der Waals surface area contributed by atoms with Gasteiger partial charge >= 0.3 is 0 Å². The summed E-state index contributed by atoms with van der Waals surface area (Å²) in [5.41, 5.74) is 5.83. The smallest absolute Gasteiger partial charge is 0.280 e. The van der Waals surface area contributed by atoms with E-state index in [0.717, 1.165) is 46.6 Å². The zero-order chi connectivity index (χ0) is 31.8. The maximum absolute atomic E-state index is 14.2. The number of aryl methyl sites for hydroxylation is 1. The van der Waals surface area contributed by atoms with Crippen molar-refractivity contribution >= 4 is 28.8 Å². The zero-order valence-corrected chi connectivity index (χ0v) is 26.0. The van der Waals surface area contributed by atoms with Crippen molar-refractivity contribution in [3.8, 4) is 17.2 Å². The summed E-state index contributed by atoms with van der Waals surface area (Å²) in [7, 11) is 3.10. The molecule has 46 heavy (non-hydrogen) atoms. The molecule has 0 spiro atoms. The topological polar surface area (TPSA) is 105 Å². The van der Waals surface area contributed by atoms with Crippen molar-refractivity contribution in [2.45, 2.75) is 25.5 Å². The number of nitro groups is 1. The molecule has 2 aliphatic rings. The van der Waals surface area contributed by atoms with Crippen LogP contribution in [0.3, 0.4) is 0 Å². The van der Waals surface area contributed by atoms with Gasteiger partial charge in [-0.2, -0.15) is 0 Å². The number of hydrogen-bond acceptors (Lipinski definition) is 8. The van der Waals surface area contributed by atoms with Crippen molar-refractivity contribution in [2.24, 2.45) is 4.99 Å². The fourth-order valence-electron chi connectivity index (χ4n) is 6.10. The molecule has 0 fully saturated rings. The Labute approximate surface area is 268 Å². The third-order valence-corrected chi connectivity index (χ3v) is 9.32. The Morgan fingerprint density at radius 2 is 1.72 bits per heavy atom. The molecule has 1 atom stereocenters. The van der Waals surface area contributed by atoms with E-state index in [-0.39, 0.29) is 35.2 Å². The summed E-state index contributed by atoms with van der Waals surface area (Å²) >= 11 is 1.21. The second-order valence-corrected chi connectivity index (χ2v) is 12.0. The summed E-state index contributed by atoms with van der Waals surface area (Å²) < 4.78 is 18.9. The first kappa shape index (κ1) is 29.2. The van der Waals surface area contributed by atoms with Crippen LogP contribution in [0.25, 0.3) is 11.8 Å².